The summed E-state index contributed by atoms with van der Waals surface area (Å²) in [6, 6.07) is 3.53. The highest BCUT2D eigenvalue weighted by molar-refractivity contribution is 7.10. The maximum absolute atomic E-state index is 11.9. The Morgan fingerprint density at radius 2 is 2.44 bits per heavy atom. The average molecular weight is 262 g/mol. The summed E-state index contributed by atoms with van der Waals surface area (Å²) in [6.07, 6.45) is 3.88. The van der Waals surface area contributed by atoms with Crippen LogP contribution in [-0.4, -0.2) is 12.1 Å². The van der Waals surface area contributed by atoms with Crippen molar-refractivity contribution in [2.24, 2.45) is 5.10 Å². The molecule has 0 fully saturated rings. The molecule has 5 heteroatoms. The van der Waals surface area contributed by atoms with Gasteiger partial charge in [-0.05, 0) is 31.0 Å². The summed E-state index contributed by atoms with van der Waals surface area (Å²) in [6.45, 7) is 4.06. The first-order valence-electron chi connectivity index (χ1n) is 5.66. The summed E-state index contributed by atoms with van der Waals surface area (Å²) >= 11 is 1.58. The summed E-state index contributed by atoms with van der Waals surface area (Å²) in [4.78, 5) is 13.1. The molecule has 0 unspecified atom stereocenters. The van der Waals surface area contributed by atoms with Gasteiger partial charge in [0.1, 0.15) is 5.76 Å². The van der Waals surface area contributed by atoms with E-state index in [4.69, 9.17) is 4.42 Å². The van der Waals surface area contributed by atoms with E-state index in [1.807, 2.05) is 19.2 Å². The minimum absolute atomic E-state index is 0.181. The molecule has 0 bridgehead atoms. The minimum Gasteiger partial charge on any atom is -0.463 e. The van der Waals surface area contributed by atoms with Gasteiger partial charge in [0.15, 0.2) is 0 Å². The van der Waals surface area contributed by atoms with E-state index in [-0.39, 0.29) is 5.91 Å². The molecule has 0 aliphatic heterocycles. The molecule has 0 atom stereocenters. The van der Waals surface area contributed by atoms with Crippen molar-refractivity contribution >= 4 is 23.5 Å². The van der Waals surface area contributed by atoms with Gasteiger partial charge in [-0.2, -0.15) is 5.10 Å². The molecule has 0 aliphatic rings. The van der Waals surface area contributed by atoms with E-state index in [0.29, 0.717) is 11.3 Å². The molecule has 0 aromatic carbocycles. The second-order valence-corrected chi connectivity index (χ2v) is 4.84. The lowest BCUT2D eigenvalue weighted by molar-refractivity contribution is 0.0954. The largest absolute Gasteiger partial charge is 0.463 e. The van der Waals surface area contributed by atoms with Crippen molar-refractivity contribution in [2.45, 2.75) is 20.3 Å². The van der Waals surface area contributed by atoms with Gasteiger partial charge >= 0.3 is 0 Å². The molecule has 2 aromatic heterocycles. The van der Waals surface area contributed by atoms with E-state index in [2.05, 4.69) is 10.5 Å². The minimum atomic E-state index is -0.181. The number of rotatable bonds is 4. The average Bonchev–Trinajstić information content (AvgIpc) is 2.98. The van der Waals surface area contributed by atoms with Gasteiger partial charge in [0.05, 0.1) is 18.0 Å². The Bertz CT molecular complexity index is 556. The monoisotopic (exact) mass is 262 g/mol. The van der Waals surface area contributed by atoms with Crippen molar-refractivity contribution in [1.82, 2.24) is 5.43 Å². The Morgan fingerprint density at radius 1 is 1.61 bits per heavy atom. The maximum Gasteiger partial charge on any atom is 0.272 e. The third-order valence-corrected chi connectivity index (χ3v) is 3.56. The summed E-state index contributed by atoms with van der Waals surface area (Å²) in [5, 5.41) is 5.73. The molecule has 2 aromatic rings. The number of hydrazone groups is 1. The Labute approximate surface area is 109 Å². The summed E-state index contributed by atoms with van der Waals surface area (Å²) < 4.78 is 5.07. The zero-order chi connectivity index (χ0) is 13.0. The zero-order valence-corrected chi connectivity index (χ0v) is 11.1. The zero-order valence-electron chi connectivity index (χ0n) is 10.3. The van der Waals surface area contributed by atoms with Crippen molar-refractivity contribution in [3.63, 3.8) is 0 Å². The normalized spacial score (nSPS) is 11.0. The Balaban J connectivity index is 2.04. The quantitative estimate of drug-likeness (QED) is 0.680. The summed E-state index contributed by atoms with van der Waals surface area (Å²) in [7, 11) is 0. The van der Waals surface area contributed by atoms with Crippen molar-refractivity contribution < 1.29 is 9.21 Å². The van der Waals surface area contributed by atoms with Crippen LogP contribution in [0, 0.1) is 6.92 Å². The second-order valence-electron chi connectivity index (χ2n) is 3.75. The number of carbonyl (C=O) groups excluding carboxylic acids is 1. The van der Waals surface area contributed by atoms with Crippen LogP contribution in [0.1, 0.15) is 33.5 Å². The Hall–Kier alpha value is -1.88. The van der Waals surface area contributed by atoms with E-state index in [1.54, 1.807) is 29.7 Å². The van der Waals surface area contributed by atoms with Crippen LogP contribution in [0.3, 0.4) is 0 Å². The molecule has 0 saturated carbocycles. The molecule has 18 heavy (non-hydrogen) atoms. The van der Waals surface area contributed by atoms with Gasteiger partial charge in [0, 0.05) is 10.3 Å². The fourth-order valence-corrected chi connectivity index (χ4v) is 2.63. The van der Waals surface area contributed by atoms with Gasteiger partial charge in [-0.25, -0.2) is 5.43 Å². The lowest BCUT2D eigenvalue weighted by Gasteiger charge is -2.01. The van der Waals surface area contributed by atoms with Crippen molar-refractivity contribution in [3.8, 4) is 0 Å². The van der Waals surface area contributed by atoms with E-state index in [9.17, 15) is 4.79 Å². The first-order valence-corrected chi connectivity index (χ1v) is 6.54. The van der Waals surface area contributed by atoms with Gasteiger partial charge in [-0.15, -0.1) is 11.3 Å². The van der Waals surface area contributed by atoms with E-state index in [1.165, 1.54) is 11.1 Å². The van der Waals surface area contributed by atoms with Crippen LogP contribution >= 0.6 is 11.3 Å². The molecule has 0 aliphatic carbocycles. The van der Waals surface area contributed by atoms with Crippen LogP contribution in [0.4, 0.5) is 0 Å². The van der Waals surface area contributed by atoms with Gasteiger partial charge in [-0.3, -0.25) is 4.79 Å². The molecule has 2 rings (SSSR count). The first kappa shape index (κ1) is 12.6. The fraction of sp³-hybridized carbons (Fsp3) is 0.231. The summed E-state index contributed by atoms with van der Waals surface area (Å²) in [5.41, 5.74) is 4.30. The molecule has 1 N–H and O–H groups in total. The van der Waals surface area contributed by atoms with Gasteiger partial charge in [-0.1, -0.05) is 6.92 Å². The highest BCUT2D eigenvalue weighted by Crippen LogP contribution is 2.22. The van der Waals surface area contributed by atoms with Crippen molar-refractivity contribution in [2.75, 3.05) is 0 Å². The number of amides is 1. The lowest BCUT2D eigenvalue weighted by atomic mass is 10.1. The molecule has 2 heterocycles. The number of nitrogens with one attached hydrogen (secondary N) is 1. The number of hydrogen-bond acceptors (Lipinski definition) is 4. The number of carbonyl (C=O) groups is 1. The van der Waals surface area contributed by atoms with Gasteiger partial charge in [0.2, 0.25) is 0 Å². The molecule has 1 amide bonds. The number of hydrogen-bond donors (Lipinski definition) is 1. The van der Waals surface area contributed by atoms with E-state index >= 15 is 0 Å². The van der Waals surface area contributed by atoms with Crippen molar-refractivity contribution in [1.29, 1.82) is 0 Å². The standard InChI is InChI=1S/C13H14N2O2S/c1-3-11-9(2)18-8-12(11)13(16)15-14-7-10-5-4-6-17-10/h4-8H,3H2,1-2H3,(H,15,16)/b14-7-. The summed E-state index contributed by atoms with van der Waals surface area (Å²) in [5.74, 6) is 0.423. The smallest absolute Gasteiger partial charge is 0.272 e. The van der Waals surface area contributed by atoms with E-state index in [0.717, 1.165) is 12.0 Å². The number of nitrogens with zero attached hydrogens (tertiary/aromatic N) is 1. The molecule has 0 spiro atoms. The number of furan rings is 1. The third-order valence-electron chi connectivity index (χ3n) is 2.60. The van der Waals surface area contributed by atoms with Crippen LogP contribution in [0.15, 0.2) is 33.3 Å². The lowest BCUT2D eigenvalue weighted by Crippen LogP contribution is -2.18. The molecule has 0 radical (unpaired) electrons. The van der Waals surface area contributed by atoms with Crippen LogP contribution in [0.2, 0.25) is 0 Å². The molecule has 4 nitrogen and oxygen atoms in total. The van der Waals surface area contributed by atoms with Crippen molar-refractivity contribution in [3.05, 3.63) is 45.5 Å². The van der Waals surface area contributed by atoms with Crippen LogP contribution in [-0.2, 0) is 6.42 Å². The molecular weight excluding hydrogens is 248 g/mol. The second kappa shape index (κ2) is 5.64. The SMILES string of the molecule is CCc1c(C(=O)N/N=C\c2ccco2)csc1C. The molecule has 94 valence electrons. The topological polar surface area (TPSA) is 54.6 Å². The van der Waals surface area contributed by atoms with Crippen LogP contribution < -0.4 is 5.43 Å². The first-order chi connectivity index (χ1) is 8.72. The highest BCUT2D eigenvalue weighted by Gasteiger charge is 2.13. The van der Waals surface area contributed by atoms with Gasteiger partial charge in [0.25, 0.3) is 5.91 Å². The highest BCUT2D eigenvalue weighted by atomic mass is 32.1. The predicted octanol–water partition coefficient (Wildman–Crippen LogP) is 2.98. The van der Waals surface area contributed by atoms with Crippen LogP contribution in [0.5, 0.6) is 0 Å². The number of aryl methyl sites for hydroxylation is 1. The molecule has 0 saturated heterocycles. The van der Waals surface area contributed by atoms with Gasteiger partial charge < -0.3 is 4.42 Å². The predicted molar refractivity (Wildman–Crippen MR) is 72.2 cm³/mol. The van der Waals surface area contributed by atoms with Crippen LogP contribution in [0.25, 0.3) is 0 Å². The number of thiophene rings is 1. The maximum atomic E-state index is 11.9. The van der Waals surface area contributed by atoms with E-state index < -0.39 is 0 Å². The Kier molecular flexibility index (Phi) is 3.94. The molecular formula is C13H14N2O2S. The third kappa shape index (κ3) is 2.68. The Morgan fingerprint density at radius 3 is 3.11 bits per heavy atom. The fourth-order valence-electron chi connectivity index (χ4n) is 1.69.